The minimum absolute atomic E-state index is 0.123. The van der Waals surface area contributed by atoms with E-state index in [1.165, 1.54) is 10.4 Å². The van der Waals surface area contributed by atoms with Crippen LogP contribution in [0.4, 0.5) is 11.4 Å². The molecule has 1 N–H and O–H groups in total. The molecule has 1 fully saturated rings. The van der Waals surface area contributed by atoms with Gasteiger partial charge in [-0.2, -0.15) is 0 Å². The van der Waals surface area contributed by atoms with Gasteiger partial charge in [-0.25, -0.2) is 16.8 Å². The molecule has 0 aromatic heterocycles. The second kappa shape index (κ2) is 5.69. The summed E-state index contributed by atoms with van der Waals surface area (Å²) in [5.74, 6) is -0.0723. The van der Waals surface area contributed by atoms with Gasteiger partial charge in [0.05, 0.1) is 22.9 Å². The molecule has 0 unspecified atom stereocenters. The van der Waals surface area contributed by atoms with Gasteiger partial charge in [0.25, 0.3) is 0 Å². The van der Waals surface area contributed by atoms with Crippen molar-refractivity contribution in [3.8, 4) is 0 Å². The molecule has 6 nitrogen and oxygen atoms in total. The molecule has 1 aliphatic rings. The van der Waals surface area contributed by atoms with Crippen LogP contribution < -0.4 is 9.03 Å². The van der Waals surface area contributed by atoms with Crippen molar-refractivity contribution in [3.63, 3.8) is 0 Å². The van der Waals surface area contributed by atoms with Gasteiger partial charge in [0.1, 0.15) is 0 Å². The SMILES string of the molecule is C=CCS(=O)(=O)Nc1cc(N2CCCS2(=O)=O)ccc1C. The summed E-state index contributed by atoms with van der Waals surface area (Å²) < 4.78 is 51.2. The highest BCUT2D eigenvalue weighted by atomic mass is 32.2. The maximum Gasteiger partial charge on any atom is 0.236 e. The fraction of sp³-hybridized carbons (Fsp3) is 0.385. The van der Waals surface area contributed by atoms with Gasteiger partial charge in [-0.05, 0) is 31.0 Å². The average molecular weight is 330 g/mol. The molecular weight excluding hydrogens is 312 g/mol. The number of sulfonamides is 2. The minimum Gasteiger partial charge on any atom is -0.283 e. The Morgan fingerprint density at radius 1 is 1.43 bits per heavy atom. The molecule has 1 saturated heterocycles. The molecule has 21 heavy (non-hydrogen) atoms. The predicted octanol–water partition coefficient (Wildman–Crippen LogP) is 1.46. The van der Waals surface area contributed by atoms with Crippen LogP contribution in [0.25, 0.3) is 0 Å². The number of anilines is 2. The van der Waals surface area contributed by atoms with E-state index in [9.17, 15) is 16.8 Å². The van der Waals surface area contributed by atoms with E-state index in [1.807, 2.05) is 0 Å². The quantitative estimate of drug-likeness (QED) is 0.829. The molecule has 0 radical (unpaired) electrons. The number of hydrogen-bond donors (Lipinski definition) is 1. The lowest BCUT2D eigenvalue weighted by Gasteiger charge is -2.19. The van der Waals surface area contributed by atoms with E-state index in [-0.39, 0.29) is 11.5 Å². The van der Waals surface area contributed by atoms with Gasteiger partial charge in [0.2, 0.25) is 20.0 Å². The van der Waals surface area contributed by atoms with Crippen LogP contribution in [-0.2, 0) is 20.0 Å². The van der Waals surface area contributed by atoms with E-state index >= 15 is 0 Å². The number of hydrogen-bond acceptors (Lipinski definition) is 4. The van der Waals surface area contributed by atoms with E-state index in [0.717, 1.165) is 5.56 Å². The highest BCUT2D eigenvalue weighted by Gasteiger charge is 2.28. The summed E-state index contributed by atoms with van der Waals surface area (Å²) in [5, 5.41) is 0. The van der Waals surface area contributed by atoms with Gasteiger partial charge in [0.15, 0.2) is 0 Å². The van der Waals surface area contributed by atoms with Crippen molar-refractivity contribution in [2.45, 2.75) is 13.3 Å². The van der Waals surface area contributed by atoms with Gasteiger partial charge in [0, 0.05) is 6.54 Å². The summed E-state index contributed by atoms with van der Waals surface area (Å²) in [5.41, 5.74) is 1.59. The first-order valence-corrected chi connectivity index (χ1v) is 9.74. The molecule has 116 valence electrons. The van der Waals surface area contributed by atoms with Crippen molar-refractivity contribution < 1.29 is 16.8 Å². The molecule has 1 heterocycles. The topological polar surface area (TPSA) is 83.6 Å². The molecule has 0 saturated carbocycles. The first kappa shape index (κ1) is 15.8. The van der Waals surface area contributed by atoms with Crippen LogP contribution in [0.3, 0.4) is 0 Å². The Bertz CT molecular complexity index is 754. The maximum absolute atomic E-state index is 11.9. The Labute approximate surface area is 125 Å². The highest BCUT2D eigenvalue weighted by molar-refractivity contribution is 7.93. The molecule has 0 atom stereocenters. The lowest BCUT2D eigenvalue weighted by Crippen LogP contribution is -2.25. The first-order chi connectivity index (χ1) is 9.75. The van der Waals surface area contributed by atoms with Crippen molar-refractivity contribution in [1.82, 2.24) is 0 Å². The van der Waals surface area contributed by atoms with Crippen LogP contribution in [0.1, 0.15) is 12.0 Å². The van der Waals surface area contributed by atoms with Crippen LogP contribution in [0.2, 0.25) is 0 Å². The van der Waals surface area contributed by atoms with E-state index < -0.39 is 20.0 Å². The second-order valence-corrected chi connectivity index (χ2v) is 8.69. The van der Waals surface area contributed by atoms with Gasteiger partial charge >= 0.3 is 0 Å². The van der Waals surface area contributed by atoms with Crippen molar-refractivity contribution >= 4 is 31.4 Å². The molecule has 0 amide bonds. The lowest BCUT2D eigenvalue weighted by atomic mass is 10.2. The largest absolute Gasteiger partial charge is 0.283 e. The van der Waals surface area contributed by atoms with E-state index in [4.69, 9.17) is 0 Å². The molecule has 0 bridgehead atoms. The Kier molecular flexibility index (Phi) is 4.29. The molecule has 1 aliphatic heterocycles. The zero-order valence-electron chi connectivity index (χ0n) is 11.7. The summed E-state index contributed by atoms with van der Waals surface area (Å²) in [6.45, 7) is 5.58. The summed E-state index contributed by atoms with van der Waals surface area (Å²) in [4.78, 5) is 0. The Morgan fingerprint density at radius 3 is 2.71 bits per heavy atom. The van der Waals surface area contributed by atoms with E-state index in [1.54, 1.807) is 25.1 Å². The molecule has 8 heteroatoms. The van der Waals surface area contributed by atoms with Gasteiger partial charge < -0.3 is 0 Å². The Balaban J connectivity index is 2.36. The normalized spacial score (nSPS) is 17.7. The summed E-state index contributed by atoms with van der Waals surface area (Å²) in [6.07, 6.45) is 1.88. The standard InChI is InChI=1S/C13H18N2O4S2/c1-3-8-20(16,17)14-13-10-12(6-5-11(13)2)15-7-4-9-21(15,18)19/h3,5-6,10,14H,1,4,7-9H2,2H3. The van der Waals surface area contributed by atoms with Crippen LogP contribution >= 0.6 is 0 Å². The van der Waals surface area contributed by atoms with Crippen molar-refractivity contribution in [2.24, 2.45) is 0 Å². The third kappa shape index (κ3) is 3.56. The van der Waals surface area contributed by atoms with Crippen LogP contribution in [-0.4, -0.2) is 34.9 Å². The Hall–Kier alpha value is -1.54. The summed E-state index contributed by atoms with van der Waals surface area (Å²) in [6, 6.07) is 4.94. The van der Waals surface area contributed by atoms with Crippen LogP contribution in [0.15, 0.2) is 30.9 Å². The number of rotatable bonds is 5. The molecule has 0 aliphatic carbocycles. The third-order valence-corrected chi connectivity index (χ3v) is 6.29. The van der Waals surface area contributed by atoms with Gasteiger partial charge in [-0.3, -0.25) is 9.03 Å². The molecule has 1 aromatic rings. The van der Waals surface area contributed by atoms with Crippen molar-refractivity contribution in [3.05, 3.63) is 36.4 Å². The van der Waals surface area contributed by atoms with Crippen molar-refractivity contribution in [1.29, 1.82) is 0 Å². The minimum atomic E-state index is -3.51. The van der Waals surface area contributed by atoms with Crippen LogP contribution in [0, 0.1) is 6.92 Å². The van der Waals surface area contributed by atoms with Gasteiger partial charge in [-0.1, -0.05) is 12.1 Å². The van der Waals surface area contributed by atoms with Gasteiger partial charge in [-0.15, -0.1) is 6.58 Å². The summed E-state index contributed by atoms with van der Waals surface area (Å²) >= 11 is 0. The zero-order chi connectivity index (χ0) is 15.7. The second-order valence-electron chi connectivity index (χ2n) is 4.91. The smallest absolute Gasteiger partial charge is 0.236 e. The Morgan fingerprint density at radius 2 is 2.14 bits per heavy atom. The monoisotopic (exact) mass is 330 g/mol. The average Bonchev–Trinajstić information content (AvgIpc) is 2.71. The number of benzene rings is 1. The summed E-state index contributed by atoms with van der Waals surface area (Å²) in [7, 11) is -6.80. The molecule has 1 aromatic carbocycles. The number of nitrogens with zero attached hydrogens (tertiary/aromatic N) is 1. The first-order valence-electron chi connectivity index (χ1n) is 6.48. The maximum atomic E-state index is 11.9. The van der Waals surface area contributed by atoms with E-state index in [2.05, 4.69) is 11.3 Å². The highest BCUT2D eigenvalue weighted by Crippen LogP contribution is 2.29. The van der Waals surface area contributed by atoms with Crippen LogP contribution in [0.5, 0.6) is 0 Å². The predicted molar refractivity (Wildman–Crippen MR) is 84.5 cm³/mol. The van der Waals surface area contributed by atoms with E-state index in [0.29, 0.717) is 24.3 Å². The number of aryl methyl sites for hydroxylation is 1. The van der Waals surface area contributed by atoms with Crippen molar-refractivity contribution in [2.75, 3.05) is 27.1 Å². The lowest BCUT2D eigenvalue weighted by molar-refractivity contribution is 0.599. The molecule has 0 spiro atoms. The number of nitrogens with one attached hydrogen (secondary N) is 1. The fourth-order valence-electron chi connectivity index (χ4n) is 2.17. The molecular formula is C13H18N2O4S2. The zero-order valence-corrected chi connectivity index (χ0v) is 13.4. The molecule has 2 rings (SSSR count). The third-order valence-electron chi connectivity index (χ3n) is 3.21. The fourth-order valence-corrected chi connectivity index (χ4v) is 4.67.